The van der Waals surface area contributed by atoms with E-state index in [2.05, 4.69) is 17.2 Å². The predicted molar refractivity (Wildman–Crippen MR) is 101 cm³/mol. The number of nitrogens with one attached hydrogen (secondary N) is 2. The van der Waals surface area contributed by atoms with Crippen molar-refractivity contribution in [1.82, 2.24) is 10.3 Å². The van der Waals surface area contributed by atoms with Crippen LogP contribution in [-0.4, -0.2) is 41.6 Å². The third-order valence-electron chi connectivity index (χ3n) is 4.98. The molecule has 0 bridgehead atoms. The van der Waals surface area contributed by atoms with Crippen LogP contribution in [0.3, 0.4) is 0 Å². The Bertz CT molecular complexity index is 707. The van der Waals surface area contributed by atoms with E-state index in [0.29, 0.717) is 22.7 Å². The molecule has 1 aliphatic rings. The van der Waals surface area contributed by atoms with Crippen molar-refractivity contribution in [1.29, 1.82) is 0 Å². The van der Waals surface area contributed by atoms with Crippen LogP contribution >= 0.6 is 0 Å². The van der Waals surface area contributed by atoms with E-state index in [0.717, 1.165) is 19.3 Å². The summed E-state index contributed by atoms with van der Waals surface area (Å²) in [5.41, 5.74) is 1.49. The van der Waals surface area contributed by atoms with E-state index in [1.807, 2.05) is 0 Å². The molecular weight excluding hydrogens is 348 g/mol. The number of ether oxygens (including phenoxy) is 2. The van der Waals surface area contributed by atoms with Crippen molar-refractivity contribution in [2.75, 3.05) is 6.61 Å². The lowest BCUT2D eigenvalue weighted by atomic mass is 9.86. The lowest BCUT2D eigenvalue weighted by molar-refractivity contribution is -0.125. The van der Waals surface area contributed by atoms with Gasteiger partial charge in [0.25, 0.3) is 5.91 Å². The summed E-state index contributed by atoms with van der Waals surface area (Å²) >= 11 is 0. The lowest BCUT2D eigenvalue weighted by Crippen LogP contribution is -2.42. The molecule has 1 fully saturated rings. The van der Waals surface area contributed by atoms with E-state index >= 15 is 0 Å². The molecule has 7 heteroatoms. The first-order valence-electron chi connectivity index (χ1n) is 9.57. The molecule has 2 atom stereocenters. The summed E-state index contributed by atoms with van der Waals surface area (Å²) in [6.45, 7) is 8.65. The Morgan fingerprint density at radius 2 is 1.81 bits per heavy atom. The molecular formula is C20H30N2O5. The summed E-state index contributed by atoms with van der Waals surface area (Å²) < 4.78 is 10.4. The number of carbonyl (C=O) groups excluding carboxylic acids is 3. The molecule has 0 spiro atoms. The molecule has 2 N–H and O–H groups in total. The van der Waals surface area contributed by atoms with E-state index in [4.69, 9.17) is 9.47 Å². The second-order valence-electron chi connectivity index (χ2n) is 7.59. The van der Waals surface area contributed by atoms with Crippen molar-refractivity contribution in [3.8, 4) is 0 Å². The van der Waals surface area contributed by atoms with E-state index in [9.17, 15) is 14.4 Å². The average molecular weight is 378 g/mol. The van der Waals surface area contributed by atoms with Crippen molar-refractivity contribution < 1.29 is 23.9 Å². The molecule has 0 unspecified atom stereocenters. The van der Waals surface area contributed by atoms with Crippen LogP contribution in [-0.2, 0) is 14.3 Å². The molecule has 1 aromatic rings. The molecule has 0 saturated heterocycles. The monoisotopic (exact) mass is 378 g/mol. The molecule has 1 aliphatic carbocycles. The number of amides is 1. The van der Waals surface area contributed by atoms with E-state index < -0.39 is 11.9 Å². The van der Waals surface area contributed by atoms with Crippen LogP contribution in [0.5, 0.6) is 0 Å². The van der Waals surface area contributed by atoms with Crippen LogP contribution in [0, 0.1) is 19.8 Å². The zero-order valence-electron chi connectivity index (χ0n) is 16.8. The summed E-state index contributed by atoms with van der Waals surface area (Å²) in [7, 11) is 0. The second-order valence-corrected chi connectivity index (χ2v) is 7.59. The van der Waals surface area contributed by atoms with Gasteiger partial charge in [-0.25, -0.2) is 9.59 Å². The highest BCUT2D eigenvalue weighted by atomic mass is 16.5. The van der Waals surface area contributed by atoms with Gasteiger partial charge in [-0.15, -0.1) is 0 Å². The van der Waals surface area contributed by atoms with Gasteiger partial charge in [-0.2, -0.15) is 0 Å². The molecule has 0 aromatic carbocycles. The van der Waals surface area contributed by atoms with Gasteiger partial charge in [0, 0.05) is 11.7 Å². The van der Waals surface area contributed by atoms with Crippen molar-refractivity contribution in [2.45, 2.75) is 72.4 Å². The normalized spacial score (nSPS) is 19.6. The second kappa shape index (κ2) is 9.06. The summed E-state index contributed by atoms with van der Waals surface area (Å²) in [5.74, 6) is -1.02. The number of H-pyrrole nitrogens is 1. The third kappa shape index (κ3) is 5.34. The maximum atomic E-state index is 12.4. The number of esters is 2. The number of hydrogen-bond donors (Lipinski definition) is 2. The molecule has 0 radical (unpaired) electrons. The van der Waals surface area contributed by atoms with Gasteiger partial charge in [0.15, 0.2) is 6.61 Å². The van der Waals surface area contributed by atoms with Crippen LogP contribution in [0.2, 0.25) is 0 Å². The first kappa shape index (κ1) is 21.0. The number of aryl methyl sites for hydroxylation is 1. The molecule has 1 amide bonds. The van der Waals surface area contributed by atoms with Crippen LogP contribution in [0.25, 0.3) is 0 Å². The largest absolute Gasteiger partial charge is 0.459 e. The first-order valence-corrected chi connectivity index (χ1v) is 9.57. The van der Waals surface area contributed by atoms with Crippen LogP contribution in [0.4, 0.5) is 0 Å². The average Bonchev–Trinajstić information content (AvgIpc) is 2.89. The van der Waals surface area contributed by atoms with Crippen LogP contribution in [0.1, 0.15) is 78.6 Å². The number of aromatic amines is 1. The number of rotatable bonds is 6. The van der Waals surface area contributed by atoms with E-state index in [1.54, 1.807) is 27.7 Å². The van der Waals surface area contributed by atoms with Gasteiger partial charge in [-0.05, 0) is 52.0 Å². The topological polar surface area (TPSA) is 97.5 Å². The van der Waals surface area contributed by atoms with Crippen LogP contribution in [0.15, 0.2) is 0 Å². The summed E-state index contributed by atoms with van der Waals surface area (Å²) in [5, 5.41) is 2.95. The fraction of sp³-hybridized carbons (Fsp3) is 0.650. The molecule has 2 rings (SSSR count). The number of carbonyl (C=O) groups is 3. The van der Waals surface area contributed by atoms with E-state index in [-0.39, 0.29) is 30.4 Å². The Morgan fingerprint density at radius 3 is 2.44 bits per heavy atom. The van der Waals surface area contributed by atoms with Gasteiger partial charge in [0.2, 0.25) is 0 Å². The molecule has 1 aromatic heterocycles. The van der Waals surface area contributed by atoms with Gasteiger partial charge in [-0.1, -0.05) is 19.8 Å². The lowest BCUT2D eigenvalue weighted by Gasteiger charge is -2.29. The number of aromatic nitrogens is 1. The zero-order chi connectivity index (χ0) is 20.1. The molecule has 150 valence electrons. The van der Waals surface area contributed by atoms with Gasteiger partial charge < -0.3 is 19.8 Å². The highest BCUT2D eigenvalue weighted by Crippen LogP contribution is 2.24. The van der Waals surface area contributed by atoms with Gasteiger partial charge in [0.05, 0.1) is 11.7 Å². The Hall–Kier alpha value is -2.31. The molecule has 27 heavy (non-hydrogen) atoms. The van der Waals surface area contributed by atoms with Crippen molar-refractivity contribution in [2.24, 2.45) is 5.92 Å². The van der Waals surface area contributed by atoms with Crippen molar-refractivity contribution in [3.63, 3.8) is 0 Å². The quantitative estimate of drug-likeness (QED) is 0.742. The molecule has 0 aliphatic heterocycles. The maximum absolute atomic E-state index is 12.4. The molecule has 1 saturated carbocycles. The summed E-state index contributed by atoms with van der Waals surface area (Å²) in [6, 6.07) is 0.136. The Labute approximate surface area is 160 Å². The van der Waals surface area contributed by atoms with Crippen LogP contribution < -0.4 is 5.32 Å². The summed E-state index contributed by atoms with van der Waals surface area (Å²) in [6.07, 6.45) is 4.09. The predicted octanol–water partition coefficient (Wildman–Crippen LogP) is 3.05. The molecule has 7 nitrogen and oxygen atoms in total. The fourth-order valence-corrected chi connectivity index (χ4v) is 3.52. The molecule has 1 heterocycles. The highest BCUT2D eigenvalue weighted by Gasteiger charge is 2.26. The minimum atomic E-state index is -0.661. The maximum Gasteiger partial charge on any atom is 0.355 e. The van der Waals surface area contributed by atoms with Gasteiger partial charge in [0.1, 0.15) is 5.69 Å². The fourth-order valence-electron chi connectivity index (χ4n) is 3.52. The van der Waals surface area contributed by atoms with Gasteiger partial charge >= 0.3 is 11.9 Å². The summed E-state index contributed by atoms with van der Waals surface area (Å²) in [4.78, 5) is 39.5. The Kier molecular flexibility index (Phi) is 7.05. The number of hydrogen-bond acceptors (Lipinski definition) is 5. The Morgan fingerprint density at radius 1 is 1.15 bits per heavy atom. The van der Waals surface area contributed by atoms with Crippen molar-refractivity contribution >= 4 is 17.8 Å². The Balaban J connectivity index is 1.96. The van der Waals surface area contributed by atoms with Crippen molar-refractivity contribution in [3.05, 3.63) is 22.5 Å². The van der Waals surface area contributed by atoms with E-state index in [1.165, 1.54) is 6.42 Å². The first-order chi connectivity index (χ1) is 12.7. The third-order valence-corrected chi connectivity index (χ3v) is 4.98. The minimum Gasteiger partial charge on any atom is -0.459 e. The highest BCUT2D eigenvalue weighted by molar-refractivity contribution is 5.99. The standard InChI is InChI=1S/C20H30N2O5/c1-11(2)27-19(24)17-13(4)18(21-14(17)5)20(25)26-10-16(23)22-15-9-7-6-8-12(15)3/h11-12,15,21H,6-10H2,1-5H3,(H,22,23)/t12-,15+/m1/s1. The SMILES string of the molecule is Cc1[nH]c(C(=O)OCC(=O)N[C@H]2CCCC[C@H]2C)c(C)c1C(=O)OC(C)C. The zero-order valence-corrected chi connectivity index (χ0v) is 16.8. The smallest absolute Gasteiger partial charge is 0.355 e. The minimum absolute atomic E-state index is 0.136. The van der Waals surface area contributed by atoms with Gasteiger partial charge in [-0.3, -0.25) is 4.79 Å².